The van der Waals surface area contributed by atoms with E-state index in [1.54, 1.807) is 0 Å². The minimum absolute atomic E-state index is 0.0202. The zero-order valence-electron chi connectivity index (χ0n) is 55.9. The second kappa shape index (κ2) is 40.8. The van der Waals surface area contributed by atoms with Crippen molar-refractivity contribution in [3.05, 3.63) is 0 Å². The summed E-state index contributed by atoms with van der Waals surface area (Å²) in [7, 11) is 0. The molecule has 22 fully saturated rings. The van der Waals surface area contributed by atoms with Gasteiger partial charge in [0.25, 0.3) is 0 Å². The molecule has 0 aromatic rings. The molecule has 22 rings (SSSR count). The summed E-state index contributed by atoms with van der Waals surface area (Å²) in [6.07, 6.45) is -55.8. The average Bonchev–Trinajstić information content (AvgIpc) is 0.774. The fourth-order valence-electron chi connectivity index (χ4n) is 12.1. The number of aliphatic hydroxyl groups is 12. The third-order valence-electron chi connectivity index (χ3n) is 17.2. The van der Waals surface area contributed by atoms with Crippen LogP contribution in [0.25, 0.3) is 0 Å². The lowest BCUT2D eigenvalue weighted by Gasteiger charge is -2.51. The molecule has 12 bridgehead atoms. The number of aliphatic imine (C=N–C) groups is 6. The van der Waals surface area contributed by atoms with Crippen molar-refractivity contribution >= 4 is 35.8 Å². The molecule has 588 valence electrons. The lowest BCUT2D eigenvalue weighted by molar-refractivity contribution is -0.399. The molecule has 0 unspecified atom stereocenters. The summed E-state index contributed by atoms with van der Waals surface area (Å²) in [6, 6.07) is 0. The maximum Gasteiger partial charge on any atom is 0.187 e. The first kappa shape index (κ1) is 83.7. The number of rotatable bonds is 30. The van der Waals surface area contributed by atoms with Crippen molar-refractivity contribution < 1.29 is 118 Å². The number of hydrogen-bond acceptors (Lipinski definition) is 36. The first-order valence-electron chi connectivity index (χ1n) is 33.2. The van der Waals surface area contributed by atoms with Gasteiger partial charge in [0.05, 0.1) is 39.3 Å². The molecule has 0 spiro atoms. The Balaban J connectivity index is 1.31. The summed E-state index contributed by atoms with van der Waals surface area (Å²) in [6.45, 7) is -1.21. The van der Waals surface area contributed by atoms with Gasteiger partial charge in [-0.05, 0) is 0 Å². The quantitative estimate of drug-likeness (QED) is 0.0180. The monoisotopic (exact) mass is 1480 g/mol. The Labute approximate surface area is 585 Å². The largest absolute Gasteiger partial charge is 0.387 e. The smallest absolute Gasteiger partial charge is 0.187 e. The summed E-state index contributed by atoms with van der Waals surface area (Å²) >= 11 is 0. The van der Waals surface area contributed by atoms with E-state index in [1.807, 2.05) is 0 Å². The van der Waals surface area contributed by atoms with Gasteiger partial charge in [-0.25, -0.2) is 0 Å². The number of nitrogens with zero attached hydrogens (tertiary/aromatic N) is 6. The van der Waals surface area contributed by atoms with Gasteiger partial charge in [0.1, 0.15) is 146 Å². The van der Waals surface area contributed by atoms with Gasteiger partial charge in [-0.3, -0.25) is 30.0 Å². The third-order valence-corrected chi connectivity index (χ3v) is 17.2. The molecule has 22 aliphatic heterocycles. The minimum atomic E-state index is -2.13. The van der Waals surface area contributed by atoms with Crippen LogP contribution in [0.4, 0.5) is 0 Å². The molecule has 48 heteroatoms. The van der Waals surface area contributed by atoms with Crippen LogP contribution in [0.3, 0.4) is 0 Å². The topological polar surface area (TPSA) is 812 Å². The number of nitrogens with one attached hydrogen (secondary N) is 6. The van der Waals surface area contributed by atoms with E-state index < -0.39 is 184 Å². The lowest BCUT2D eigenvalue weighted by Crippen LogP contribution is -2.70. The van der Waals surface area contributed by atoms with E-state index in [0.29, 0.717) is 0 Å². The predicted octanol–water partition coefficient (Wildman–Crippen LogP) is -19.8. The average molecular weight is 1480 g/mol. The highest BCUT2D eigenvalue weighted by atomic mass is 16.8. The molecule has 22 heterocycles. The summed E-state index contributed by atoms with van der Waals surface area (Å²) in [5, 5.41) is 164. The molecule has 102 heavy (non-hydrogen) atoms. The van der Waals surface area contributed by atoms with E-state index in [2.05, 4.69) is 61.9 Å². The Morgan fingerprint density at radius 2 is 0.333 bits per heavy atom. The predicted molar refractivity (Wildman–Crippen MR) is 355 cm³/mol. The van der Waals surface area contributed by atoms with E-state index >= 15 is 0 Å². The van der Waals surface area contributed by atoms with Gasteiger partial charge in [0, 0.05) is 78.5 Å². The zero-order valence-corrected chi connectivity index (χ0v) is 55.9. The first-order chi connectivity index (χ1) is 48.6. The number of nitrogens with two attached hydrogens (primary N) is 12. The molecular weight excluding hydrogens is 1370 g/mol. The third kappa shape index (κ3) is 23.7. The molecular formula is C54H108N24O24. The maximum absolute atomic E-state index is 12.2. The van der Waals surface area contributed by atoms with Crippen molar-refractivity contribution in [1.29, 1.82) is 0 Å². The minimum Gasteiger partial charge on any atom is -0.387 e. The van der Waals surface area contributed by atoms with E-state index in [-0.39, 0.29) is 154 Å². The van der Waals surface area contributed by atoms with Gasteiger partial charge in [0.2, 0.25) is 0 Å². The van der Waals surface area contributed by atoms with Crippen molar-refractivity contribution in [2.45, 2.75) is 184 Å². The molecule has 0 aromatic carbocycles. The van der Waals surface area contributed by atoms with Crippen LogP contribution >= 0.6 is 0 Å². The van der Waals surface area contributed by atoms with Gasteiger partial charge < -0.3 is 219 Å². The fourth-order valence-corrected chi connectivity index (χ4v) is 12.1. The van der Waals surface area contributed by atoms with E-state index in [4.69, 9.17) is 126 Å². The van der Waals surface area contributed by atoms with Crippen molar-refractivity contribution in [3.8, 4) is 0 Å². The van der Waals surface area contributed by atoms with Crippen LogP contribution in [0.15, 0.2) is 30.0 Å². The summed E-state index contributed by atoms with van der Waals surface area (Å²) in [4.78, 5) is 23.8. The number of aliphatic hydroxyl groups excluding tert-OH is 12. The Kier molecular flexibility index (Phi) is 33.5. The highest BCUT2D eigenvalue weighted by molar-refractivity contribution is 5.77. The lowest BCUT2D eigenvalue weighted by atomic mass is 9.94. The van der Waals surface area contributed by atoms with Crippen LogP contribution < -0.4 is 101 Å². The van der Waals surface area contributed by atoms with Crippen LogP contribution in [0.2, 0.25) is 0 Å². The van der Waals surface area contributed by atoms with Crippen LogP contribution in [-0.2, 0) is 56.8 Å². The van der Waals surface area contributed by atoms with Crippen molar-refractivity contribution in [2.24, 2.45) is 98.8 Å². The molecule has 48 nitrogen and oxygen atoms in total. The maximum atomic E-state index is 12.2. The van der Waals surface area contributed by atoms with Gasteiger partial charge >= 0.3 is 0 Å². The molecule has 0 amide bonds. The summed E-state index contributed by atoms with van der Waals surface area (Å²) < 4.78 is 76.1. The molecule has 42 N–H and O–H groups in total. The van der Waals surface area contributed by atoms with Crippen molar-refractivity contribution in [2.75, 3.05) is 118 Å². The Bertz CT molecular complexity index is 2230. The van der Waals surface area contributed by atoms with Crippen LogP contribution in [0.1, 0.15) is 0 Å². The molecule has 22 aliphatic rings. The van der Waals surface area contributed by atoms with Gasteiger partial charge in [-0.15, -0.1) is 0 Å². The molecule has 0 saturated carbocycles. The normalized spacial score (nSPS) is 39.5. The number of hydrogen-bond donors (Lipinski definition) is 30. The van der Waals surface area contributed by atoms with Crippen LogP contribution in [0, 0.1) is 0 Å². The zero-order chi connectivity index (χ0) is 74.5. The number of ether oxygens (including phenoxy) is 12. The van der Waals surface area contributed by atoms with Gasteiger partial charge in [-0.2, -0.15) is 0 Å². The van der Waals surface area contributed by atoms with Gasteiger partial charge in [0.15, 0.2) is 73.5 Å². The standard InChI is InChI=1S/C54H108N24O24/c55-49(56)73-7-1-67-13-19-37-25(79)31(85)43(91-19)98-38-20(14-68-2-8-74-50(57)58)93-45(33(87)27(38)81)100-40-22(16-70-4-10-76-52(61)62)95-47(35(89)29(40)83)102-42-24(18-72-6-12-78-54(65)66)96-48(36(90)30(42)84)101-41-23(17-71-5-11-77-53(63)64)94-46(34(88)28(41)82)99-39-21(15-69-3-9-75-51(59)60)92-44(97-37)32(86)26(39)80/h19-48,67-72,79-90H,1-18H2,(H4,55,56,73)(H4,57,58,74)(H4,59,60,75)(H4,61,62,76)(H4,63,64,77)(H4,65,66,78)/t19-,20-,21-,22-,23-,24-,25-,26-,27-,28-,29-,30-,31-,32-,33-,34-,35-,36-,37-,38-,39-,40-,41-,42-,43-,44-,45-,46-,47-,48-/m1/s1. The van der Waals surface area contributed by atoms with E-state index in [9.17, 15) is 61.3 Å². The number of guanidine groups is 6. The Morgan fingerprint density at radius 1 is 0.206 bits per heavy atom. The molecule has 0 aliphatic carbocycles. The van der Waals surface area contributed by atoms with Crippen molar-refractivity contribution in [3.63, 3.8) is 0 Å². The van der Waals surface area contributed by atoms with Crippen LogP contribution in [0.5, 0.6) is 0 Å². The summed E-state index contributed by atoms with van der Waals surface area (Å²) in [5.74, 6) is -1.41. The molecule has 30 atom stereocenters. The SMILES string of the molecule is NC(N)=NCCNC[C@H]1O[C@@H]2O[C@H]3[C@H](O)[C@@H](O)[C@@H](O[C@H]4[C@H](O)[C@@H](O)[C@@H](O[C@H]5[C@H](O)[C@@H](O)[C@@H](O[C@H]6[C@H](O)[C@@H](O)[C@@H](O[C@H]7[C@H](O)[C@@H](O)[C@@H](O[C@H]1[C@H](O)[C@H]2O)O[C@@H]7CNCCN=C(N)N)O[C@@H]6CNCCN=C(N)N)O[C@@H]5CNCCN=C(N)N)O[C@@H]4CNCCN=C(N)N)O[C@@H]3CNCCN=C(N)N. The highest BCUT2D eigenvalue weighted by Gasteiger charge is 2.59. The highest BCUT2D eigenvalue weighted by Crippen LogP contribution is 2.38. The second-order valence-corrected chi connectivity index (χ2v) is 24.8. The Morgan fingerprint density at radius 3 is 0.451 bits per heavy atom. The van der Waals surface area contributed by atoms with Crippen molar-refractivity contribution in [1.82, 2.24) is 31.9 Å². The fraction of sp³-hybridized carbons (Fsp3) is 0.889. The van der Waals surface area contributed by atoms with Crippen LogP contribution in [-0.4, -0.2) is 399 Å². The van der Waals surface area contributed by atoms with E-state index in [0.717, 1.165) is 0 Å². The second-order valence-electron chi connectivity index (χ2n) is 24.8. The molecule has 0 radical (unpaired) electrons. The summed E-state index contributed by atoms with van der Waals surface area (Å²) in [5.41, 5.74) is 66.8. The Hall–Kier alpha value is -5.58. The molecule has 0 aromatic heterocycles. The van der Waals surface area contributed by atoms with Gasteiger partial charge in [-0.1, -0.05) is 0 Å². The van der Waals surface area contributed by atoms with E-state index in [1.165, 1.54) is 0 Å². The molecule has 22 saturated heterocycles. The first-order valence-corrected chi connectivity index (χ1v) is 33.2.